The van der Waals surface area contributed by atoms with E-state index in [4.69, 9.17) is 29.4 Å². The zero-order valence-corrected chi connectivity index (χ0v) is 25.7. The molecule has 0 unspecified atom stereocenters. The number of benzene rings is 6. The van der Waals surface area contributed by atoms with Crippen molar-refractivity contribution in [3.8, 4) is 28.3 Å². The predicted molar refractivity (Wildman–Crippen MR) is 188 cm³/mol. The van der Waals surface area contributed by atoms with Gasteiger partial charge in [-0.05, 0) is 66.2 Å². The first kappa shape index (κ1) is 28.2. The standard InChI is InChI=1S/C40H29N3O4/c1-44-25-18-20-34-32(22-25)33-23-26(45-2)19-21-35(33)43(34)36-17-9-16-30-29-15-8-14-28(37(29)46-38(30)36)27-12-6-7-13-31(27)40(42)47-39(41)24-10-4-3-5-11-24/h3-23,41-42H,1-2H3. The van der Waals surface area contributed by atoms with Crippen LogP contribution in [-0.4, -0.2) is 30.6 Å². The average molecular weight is 616 g/mol. The van der Waals surface area contributed by atoms with Gasteiger partial charge in [0, 0.05) is 38.2 Å². The Bertz CT molecular complexity index is 2450. The summed E-state index contributed by atoms with van der Waals surface area (Å²) in [6.45, 7) is 0. The Morgan fingerprint density at radius 2 is 1.15 bits per heavy atom. The van der Waals surface area contributed by atoms with Crippen LogP contribution < -0.4 is 9.47 Å². The third-order valence-electron chi connectivity index (χ3n) is 8.63. The molecule has 0 saturated heterocycles. The van der Waals surface area contributed by atoms with Crippen LogP contribution in [0, 0.1) is 10.8 Å². The number of furan rings is 1. The Balaban J connectivity index is 1.31. The highest BCUT2D eigenvalue weighted by atomic mass is 16.5. The van der Waals surface area contributed by atoms with Crippen molar-refractivity contribution in [2.24, 2.45) is 0 Å². The summed E-state index contributed by atoms with van der Waals surface area (Å²) in [6, 6.07) is 41.2. The molecule has 7 heteroatoms. The number of fused-ring (bicyclic) bond motifs is 6. The van der Waals surface area contributed by atoms with Crippen LogP contribution in [-0.2, 0) is 4.74 Å². The lowest BCUT2D eigenvalue weighted by atomic mass is 9.97. The van der Waals surface area contributed by atoms with Crippen molar-refractivity contribution in [1.82, 2.24) is 4.57 Å². The second-order valence-corrected chi connectivity index (χ2v) is 11.2. The van der Waals surface area contributed by atoms with Crippen molar-refractivity contribution < 1.29 is 18.6 Å². The minimum atomic E-state index is -0.112. The number of ether oxygens (including phenoxy) is 3. The van der Waals surface area contributed by atoms with Crippen LogP contribution in [0.1, 0.15) is 11.1 Å². The monoisotopic (exact) mass is 615 g/mol. The zero-order valence-electron chi connectivity index (χ0n) is 25.7. The maximum atomic E-state index is 8.84. The topological polar surface area (TPSA) is 93.5 Å². The second kappa shape index (κ2) is 11.2. The lowest BCUT2D eigenvalue weighted by Gasteiger charge is -2.13. The molecular weight excluding hydrogens is 586 g/mol. The summed E-state index contributed by atoms with van der Waals surface area (Å²) in [5, 5.41) is 21.3. The molecular formula is C40H29N3O4. The van der Waals surface area contributed by atoms with Crippen LogP contribution >= 0.6 is 0 Å². The molecule has 0 saturated carbocycles. The van der Waals surface area contributed by atoms with Crippen LogP contribution in [0.15, 0.2) is 132 Å². The van der Waals surface area contributed by atoms with E-state index in [1.807, 2.05) is 66.7 Å². The Morgan fingerprint density at radius 1 is 0.553 bits per heavy atom. The van der Waals surface area contributed by atoms with E-state index in [-0.39, 0.29) is 11.8 Å². The van der Waals surface area contributed by atoms with E-state index in [0.717, 1.165) is 66.5 Å². The lowest BCUT2D eigenvalue weighted by molar-refractivity contribution is 0.415. The van der Waals surface area contributed by atoms with Gasteiger partial charge in [0.1, 0.15) is 17.1 Å². The van der Waals surface area contributed by atoms with Crippen LogP contribution in [0.4, 0.5) is 0 Å². The minimum absolute atomic E-state index is 0.0848. The fourth-order valence-electron chi connectivity index (χ4n) is 6.41. The van der Waals surface area contributed by atoms with E-state index in [1.54, 1.807) is 26.4 Å². The van der Waals surface area contributed by atoms with Crippen molar-refractivity contribution in [2.45, 2.75) is 0 Å². The quantitative estimate of drug-likeness (QED) is 0.144. The maximum Gasteiger partial charge on any atom is 0.221 e. The highest BCUT2D eigenvalue weighted by Gasteiger charge is 2.22. The molecule has 47 heavy (non-hydrogen) atoms. The molecule has 2 aromatic heterocycles. The van der Waals surface area contributed by atoms with E-state index < -0.39 is 0 Å². The molecule has 8 aromatic rings. The number of para-hydroxylation sites is 2. The molecule has 7 nitrogen and oxygen atoms in total. The van der Waals surface area contributed by atoms with Gasteiger partial charge in [-0.15, -0.1) is 0 Å². The molecule has 2 N–H and O–H groups in total. The summed E-state index contributed by atoms with van der Waals surface area (Å²) in [5.41, 5.74) is 7.15. The summed E-state index contributed by atoms with van der Waals surface area (Å²) in [4.78, 5) is 0. The average Bonchev–Trinajstić information content (AvgIpc) is 3.67. The zero-order chi connectivity index (χ0) is 32.1. The Hall–Kier alpha value is -6.34. The normalized spacial score (nSPS) is 11.4. The fourth-order valence-corrected chi connectivity index (χ4v) is 6.41. The van der Waals surface area contributed by atoms with Gasteiger partial charge in [-0.1, -0.05) is 66.7 Å². The molecule has 0 bridgehead atoms. The van der Waals surface area contributed by atoms with Gasteiger partial charge in [0.25, 0.3) is 0 Å². The van der Waals surface area contributed by atoms with E-state index in [1.165, 1.54) is 0 Å². The van der Waals surface area contributed by atoms with Crippen LogP contribution in [0.3, 0.4) is 0 Å². The molecule has 228 valence electrons. The molecule has 0 aliphatic carbocycles. The Morgan fingerprint density at radius 3 is 1.83 bits per heavy atom. The Labute approximate surface area is 270 Å². The third-order valence-corrected chi connectivity index (χ3v) is 8.63. The van der Waals surface area contributed by atoms with Crippen molar-refractivity contribution >= 4 is 55.5 Å². The molecule has 0 aliphatic heterocycles. The highest BCUT2D eigenvalue weighted by molar-refractivity contribution is 6.16. The molecule has 0 aliphatic rings. The van der Waals surface area contributed by atoms with E-state index in [2.05, 4.69) is 53.1 Å². The molecule has 6 aromatic carbocycles. The van der Waals surface area contributed by atoms with Crippen molar-refractivity contribution in [3.05, 3.63) is 139 Å². The van der Waals surface area contributed by atoms with Gasteiger partial charge < -0.3 is 23.2 Å². The largest absolute Gasteiger partial charge is 0.497 e. The number of hydrogen-bond donors (Lipinski definition) is 2. The van der Waals surface area contributed by atoms with Gasteiger partial charge in [0.05, 0.1) is 30.9 Å². The lowest BCUT2D eigenvalue weighted by Crippen LogP contribution is -2.13. The Kier molecular flexibility index (Phi) is 6.73. The van der Waals surface area contributed by atoms with Crippen LogP contribution in [0.5, 0.6) is 11.5 Å². The molecule has 2 heterocycles. The highest BCUT2D eigenvalue weighted by Crippen LogP contribution is 2.42. The van der Waals surface area contributed by atoms with E-state index in [9.17, 15) is 0 Å². The van der Waals surface area contributed by atoms with Crippen LogP contribution in [0.25, 0.3) is 60.6 Å². The first-order valence-corrected chi connectivity index (χ1v) is 15.2. The number of nitrogens with zero attached hydrogens (tertiary/aromatic N) is 1. The van der Waals surface area contributed by atoms with Crippen molar-refractivity contribution in [3.63, 3.8) is 0 Å². The second-order valence-electron chi connectivity index (χ2n) is 11.2. The van der Waals surface area contributed by atoms with Gasteiger partial charge in [-0.25, -0.2) is 0 Å². The molecule has 0 fully saturated rings. The summed E-state index contributed by atoms with van der Waals surface area (Å²) >= 11 is 0. The molecule has 0 atom stereocenters. The summed E-state index contributed by atoms with van der Waals surface area (Å²) in [5.74, 6) is 1.36. The van der Waals surface area contributed by atoms with Crippen molar-refractivity contribution in [2.75, 3.05) is 14.2 Å². The number of hydrogen-bond acceptors (Lipinski definition) is 6. The van der Waals surface area contributed by atoms with E-state index in [0.29, 0.717) is 16.7 Å². The summed E-state index contributed by atoms with van der Waals surface area (Å²) in [6.07, 6.45) is 0. The van der Waals surface area contributed by atoms with Gasteiger partial charge in [-0.2, -0.15) is 0 Å². The van der Waals surface area contributed by atoms with E-state index >= 15 is 0 Å². The van der Waals surface area contributed by atoms with Crippen molar-refractivity contribution in [1.29, 1.82) is 10.8 Å². The third kappa shape index (κ3) is 4.59. The molecule has 0 spiro atoms. The fraction of sp³-hybridized carbons (Fsp3) is 0.0500. The summed E-state index contributed by atoms with van der Waals surface area (Å²) in [7, 11) is 3.35. The minimum Gasteiger partial charge on any atom is -0.497 e. The molecule has 8 rings (SSSR count). The van der Waals surface area contributed by atoms with Crippen LogP contribution in [0.2, 0.25) is 0 Å². The molecule has 0 amide bonds. The number of rotatable bonds is 6. The number of aromatic nitrogens is 1. The number of nitrogens with one attached hydrogen (secondary N) is 2. The van der Waals surface area contributed by atoms with Gasteiger partial charge in [0.15, 0.2) is 5.58 Å². The predicted octanol–water partition coefficient (Wildman–Crippen LogP) is 9.73. The molecule has 0 radical (unpaired) electrons. The first-order chi connectivity index (χ1) is 23.1. The number of methoxy groups -OCH3 is 2. The summed E-state index contributed by atoms with van der Waals surface area (Å²) < 4.78 is 26.0. The van der Waals surface area contributed by atoms with Gasteiger partial charge in [-0.3, -0.25) is 10.8 Å². The first-order valence-electron chi connectivity index (χ1n) is 15.2. The van der Waals surface area contributed by atoms with Gasteiger partial charge >= 0.3 is 0 Å². The van der Waals surface area contributed by atoms with Gasteiger partial charge in [0.2, 0.25) is 11.8 Å². The smallest absolute Gasteiger partial charge is 0.221 e. The maximum absolute atomic E-state index is 8.84. The SMILES string of the molecule is COc1ccc2c(c1)c1cc(OC)ccc1n2-c1cccc2c1oc1c(-c3ccccc3C(=N)OC(=N)c3ccccc3)cccc12.